The molecule has 2 unspecified atom stereocenters. The van der Waals surface area contributed by atoms with E-state index in [2.05, 4.69) is 174 Å². The lowest BCUT2D eigenvalue weighted by molar-refractivity contribution is -0.107. The van der Waals surface area contributed by atoms with E-state index in [1.54, 1.807) is 0 Å². The van der Waals surface area contributed by atoms with Crippen LogP contribution in [0, 0.1) is 5.92 Å². The molecule has 63 heavy (non-hydrogen) atoms. The van der Waals surface area contributed by atoms with Gasteiger partial charge in [-0.25, -0.2) is 0 Å². The van der Waals surface area contributed by atoms with Crippen LogP contribution in [0.15, 0.2) is 181 Å². The van der Waals surface area contributed by atoms with Crippen LogP contribution < -0.4 is 20.4 Å². The average Bonchev–Trinajstić information content (AvgIpc) is 3.54. The summed E-state index contributed by atoms with van der Waals surface area (Å²) >= 11 is 0. The first-order valence-corrected chi connectivity index (χ1v) is 22.3. The van der Waals surface area contributed by atoms with Gasteiger partial charge in [0.25, 0.3) is 0 Å². The number of carbonyl (C=O) groups is 2. The van der Waals surface area contributed by atoms with Crippen molar-refractivity contribution in [2.45, 2.75) is 52.9 Å². The van der Waals surface area contributed by atoms with E-state index in [0.29, 0.717) is 41.9 Å². The summed E-state index contributed by atoms with van der Waals surface area (Å²) in [7, 11) is 0. The minimum absolute atomic E-state index is 0.289. The Labute approximate surface area is 372 Å². The zero-order valence-electron chi connectivity index (χ0n) is 36.7. The third kappa shape index (κ3) is 9.22. The lowest BCUT2D eigenvalue weighted by Gasteiger charge is -2.31. The number of para-hydroxylation sites is 1. The van der Waals surface area contributed by atoms with Crippen molar-refractivity contribution in [2.75, 3.05) is 22.9 Å². The lowest BCUT2D eigenvalue weighted by Crippen LogP contribution is -2.20. The highest BCUT2D eigenvalue weighted by Gasteiger charge is 2.23. The van der Waals surface area contributed by atoms with Crippen LogP contribution >= 0.6 is 0 Å². The van der Waals surface area contributed by atoms with E-state index >= 15 is 0 Å². The molecule has 0 saturated carbocycles. The van der Waals surface area contributed by atoms with Gasteiger partial charge in [0.2, 0.25) is 0 Å². The van der Waals surface area contributed by atoms with Gasteiger partial charge < -0.3 is 20.4 Å². The fourth-order valence-electron chi connectivity index (χ4n) is 8.92. The molecule has 2 aliphatic rings. The number of nitrogens with zero attached hydrogens (tertiary/aromatic N) is 2. The van der Waals surface area contributed by atoms with E-state index in [-0.39, 0.29) is 5.57 Å². The molecule has 0 amide bonds. The molecule has 0 fully saturated rings. The zero-order valence-corrected chi connectivity index (χ0v) is 36.7. The predicted octanol–water partition coefficient (Wildman–Crippen LogP) is 13.6. The summed E-state index contributed by atoms with van der Waals surface area (Å²) in [6, 6.07) is 48.5. The molecule has 2 aliphatic carbocycles. The molecule has 6 aromatic rings. The van der Waals surface area contributed by atoms with Crippen molar-refractivity contribution in [3.63, 3.8) is 0 Å². The lowest BCUT2D eigenvalue weighted by atomic mass is 9.88. The first-order valence-electron chi connectivity index (χ1n) is 22.3. The van der Waals surface area contributed by atoms with Gasteiger partial charge in [0.05, 0.1) is 22.5 Å². The molecular weight excluding hydrogens is 773 g/mol. The van der Waals surface area contributed by atoms with Crippen LogP contribution in [0.3, 0.4) is 0 Å². The fourth-order valence-corrected chi connectivity index (χ4v) is 8.92. The second-order valence-electron chi connectivity index (χ2n) is 16.5. The highest BCUT2D eigenvalue weighted by Crippen LogP contribution is 2.40. The second-order valence-corrected chi connectivity index (χ2v) is 16.5. The monoisotopic (exact) mass is 828 g/mol. The highest BCUT2D eigenvalue weighted by molar-refractivity contribution is 6.07. The van der Waals surface area contributed by atoms with Crippen molar-refractivity contribution >= 4 is 69.3 Å². The second kappa shape index (κ2) is 19.7. The van der Waals surface area contributed by atoms with Gasteiger partial charge >= 0.3 is 0 Å². The maximum atomic E-state index is 13.3. The molecule has 0 saturated heterocycles. The van der Waals surface area contributed by atoms with E-state index in [4.69, 9.17) is 0 Å². The third-order valence-electron chi connectivity index (χ3n) is 12.1. The SMILES string of the molecule is CCN/C(=C(C=O)\C(C=O)=C(/NCC)c1ccc(N(c2ccccc2)c2ccc3ccccc3c2)cc1)c1ccc(N(C2=CC=CCC(C)C2)c2ccc3c(c2)C(C)CC=C3)cc1. The van der Waals surface area contributed by atoms with Crippen LogP contribution in [0.25, 0.3) is 28.2 Å². The highest BCUT2D eigenvalue weighted by atomic mass is 16.1. The number of benzene rings is 6. The van der Waals surface area contributed by atoms with Crippen molar-refractivity contribution in [1.82, 2.24) is 10.6 Å². The number of hydrogen-bond acceptors (Lipinski definition) is 6. The van der Waals surface area contributed by atoms with Gasteiger partial charge in [0.15, 0.2) is 12.6 Å². The molecule has 2 atom stereocenters. The molecule has 0 radical (unpaired) electrons. The Hall–Kier alpha value is -7.18. The van der Waals surface area contributed by atoms with Crippen molar-refractivity contribution in [1.29, 1.82) is 0 Å². The first kappa shape index (κ1) is 42.5. The summed E-state index contributed by atoms with van der Waals surface area (Å²) in [6.07, 6.45) is 15.8. The molecule has 0 heterocycles. The summed E-state index contributed by atoms with van der Waals surface area (Å²) < 4.78 is 0. The molecule has 6 heteroatoms. The number of hydrogen-bond donors (Lipinski definition) is 2. The maximum Gasteiger partial charge on any atom is 0.152 e. The van der Waals surface area contributed by atoms with E-state index in [1.165, 1.54) is 22.2 Å². The number of carbonyl (C=O) groups excluding carboxylic acids is 2. The summed E-state index contributed by atoms with van der Waals surface area (Å²) in [6.45, 7) is 9.70. The normalized spacial score (nSPS) is 16.5. The minimum atomic E-state index is 0.289. The Morgan fingerprint density at radius 1 is 0.587 bits per heavy atom. The number of allylic oxidation sites excluding steroid dienone is 7. The van der Waals surface area contributed by atoms with Gasteiger partial charge in [0, 0.05) is 47.2 Å². The number of aldehydes is 2. The smallest absolute Gasteiger partial charge is 0.152 e. The largest absolute Gasteiger partial charge is 0.384 e. The fraction of sp³-hybridized carbons (Fsp3) is 0.193. The molecule has 6 nitrogen and oxygen atoms in total. The van der Waals surface area contributed by atoms with Crippen LogP contribution in [-0.4, -0.2) is 25.7 Å². The quantitative estimate of drug-likeness (QED) is 0.0611. The van der Waals surface area contributed by atoms with Crippen LogP contribution in [0.5, 0.6) is 0 Å². The third-order valence-corrected chi connectivity index (χ3v) is 12.1. The summed E-state index contributed by atoms with van der Waals surface area (Å²) in [5.74, 6) is 0.938. The van der Waals surface area contributed by atoms with Gasteiger partial charge in [-0.3, -0.25) is 9.59 Å². The van der Waals surface area contributed by atoms with Crippen LogP contribution in [0.4, 0.5) is 28.4 Å². The molecule has 0 spiro atoms. The Morgan fingerprint density at radius 3 is 1.78 bits per heavy atom. The average molecular weight is 829 g/mol. The van der Waals surface area contributed by atoms with E-state index in [1.807, 2.05) is 44.2 Å². The number of nitrogens with one attached hydrogen (secondary N) is 2. The molecule has 0 bridgehead atoms. The van der Waals surface area contributed by atoms with Crippen LogP contribution in [0.2, 0.25) is 0 Å². The molecule has 8 rings (SSSR count). The summed E-state index contributed by atoms with van der Waals surface area (Å²) in [5.41, 5.74) is 12.4. The summed E-state index contributed by atoms with van der Waals surface area (Å²) in [4.78, 5) is 31.2. The number of rotatable bonds is 15. The first-order chi connectivity index (χ1) is 30.9. The van der Waals surface area contributed by atoms with E-state index in [9.17, 15) is 9.59 Å². The van der Waals surface area contributed by atoms with Gasteiger partial charge in [0.1, 0.15) is 0 Å². The van der Waals surface area contributed by atoms with Crippen LogP contribution in [0.1, 0.15) is 75.1 Å². The Bertz CT molecular complexity index is 2740. The van der Waals surface area contributed by atoms with E-state index < -0.39 is 0 Å². The van der Waals surface area contributed by atoms with Crippen molar-refractivity contribution < 1.29 is 9.59 Å². The van der Waals surface area contributed by atoms with Gasteiger partial charge in [-0.1, -0.05) is 117 Å². The van der Waals surface area contributed by atoms with Crippen molar-refractivity contribution in [2.24, 2.45) is 5.92 Å². The Morgan fingerprint density at radius 2 is 1.14 bits per heavy atom. The molecule has 0 aromatic heterocycles. The maximum absolute atomic E-state index is 13.3. The molecule has 2 N–H and O–H groups in total. The van der Waals surface area contributed by atoms with Crippen molar-refractivity contribution in [3.8, 4) is 0 Å². The summed E-state index contributed by atoms with van der Waals surface area (Å²) in [5, 5.41) is 9.25. The van der Waals surface area contributed by atoms with Gasteiger partial charge in [-0.15, -0.1) is 0 Å². The van der Waals surface area contributed by atoms with Gasteiger partial charge in [-0.05, 0) is 145 Å². The topological polar surface area (TPSA) is 64.7 Å². The number of fused-ring (bicyclic) bond motifs is 2. The minimum Gasteiger partial charge on any atom is -0.384 e. The zero-order chi connectivity index (χ0) is 43.7. The Kier molecular flexibility index (Phi) is 13.3. The predicted molar refractivity (Wildman–Crippen MR) is 265 cm³/mol. The van der Waals surface area contributed by atoms with Crippen LogP contribution in [-0.2, 0) is 9.59 Å². The van der Waals surface area contributed by atoms with Gasteiger partial charge in [-0.2, -0.15) is 0 Å². The Balaban J connectivity index is 1.18. The van der Waals surface area contributed by atoms with Crippen molar-refractivity contribution in [3.05, 3.63) is 203 Å². The van der Waals surface area contributed by atoms with E-state index in [0.717, 1.165) is 76.8 Å². The standard InChI is InChI=1S/C57H56N4O2/c1-5-58-56(44-25-29-48(30-26-44)60(47-20-8-7-9-21-47)51-33-23-42-17-11-12-18-46(42)36-51)54(38-62)55(39-63)57(59-6-2)45-27-31-49(32-28-45)61(50-22-13-10-15-40(3)35-50)52-34-24-43-19-14-16-41(4)53(43)37-52/h7-14,17-34,36-41,58-59H,5-6,15-16,35H2,1-4H3/b56-54-,57-55-. The molecule has 6 aromatic carbocycles. The molecule has 0 aliphatic heterocycles. The molecule has 316 valence electrons. The number of anilines is 5. The molecular formula is C57H56N4O2.